The van der Waals surface area contributed by atoms with Crippen LogP contribution in [0.5, 0.6) is 0 Å². The summed E-state index contributed by atoms with van der Waals surface area (Å²) < 4.78 is 0. The number of benzene rings is 1. The molecule has 5 heteroatoms. The zero-order chi connectivity index (χ0) is 10.6. The predicted octanol–water partition coefficient (Wildman–Crippen LogP) is 1.34. The number of hydrogen-bond acceptors (Lipinski definition) is 3. The van der Waals surface area contributed by atoms with Gasteiger partial charge in [0.25, 0.3) is 11.6 Å². The highest BCUT2D eigenvalue weighted by Crippen LogP contribution is 2.12. The van der Waals surface area contributed by atoms with E-state index in [9.17, 15) is 14.9 Å². The van der Waals surface area contributed by atoms with E-state index in [1.807, 2.05) is 0 Å². The minimum atomic E-state index is -0.525. The van der Waals surface area contributed by atoms with E-state index in [1.165, 1.54) is 24.3 Å². The van der Waals surface area contributed by atoms with E-state index in [0.29, 0.717) is 12.1 Å². The average Bonchev–Trinajstić information content (AvgIpc) is 2.18. The highest BCUT2D eigenvalue weighted by atomic mass is 16.6. The maximum atomic E-state index is 11.3. The van der Waals surface area contributed by atoms with E-state index in [0.717, 1.165) is 0 Å². The van der Waals surface area contributed by atoms with Gasteiger partial charge in [-0.2, -0.15) is 0 Å². The fourth-order valence-electron chi connectivity index (χ4n) is 1.02. The maximum Gasteiger partial charge on any atom is 0.270 e. The number of amides is 1. The van der Waals surface area contributed by atoms with Crippen LogP contribution in [-0.2, 0) is 0 Å². The zero-order valence-corrected chi connectivity index (χ0v) is 7.69. The Balaban J connectivity index is 2.93. The normalized spacial score (nSPS) is 9.50. The van der Waals surface area contributed by atoms with Crippen molar-refractivity contribution in [1.29, 1.82) is 0 Å². The second-order valence-electron chi connectivity index (χ2n) is 2.67. The number of nitro groups is 1. The minimum absolute atomic E-state index is 0.0752. The zero-order valence-electron chi connectivity index (χ0n) is 7.69. The lowest BCUT2D eigenvalue weighted by atomic mass is 10.2. The lowest BCUT2D eigenvalue weighted by molar-refractivity contribution is -0.384. The van der Waals surface area contributed by atoms with Crippen molar-refractivity contribution < 1.29 is 9.72 Å². The van der Waals surface area contributed by atoms with Gasteiger partial charge in [0, 0.05) is 24.2 Å². The summed E-state index contributed by atoms with van der Waals surface area (Å²) in [6.45, 7) is 2.29. The Hall–Kier alpha value is -1.91. The van der Waals surface area contributed by atoms with Gasteiger partial charge >= 0.3 is 0 Å². The monoisotopic (exact) mass is 194 g/mol. The van der Waals surface area contributed by atoms with Crippen LogP contribution >= 0.6 is 0 Å². The maximum absolute atomic E-state index is 11.3. The number of rotatable bonds is 3. The Morgan fingerprint density at radius 3 is 2.86 bits per heavy atom. The summed E-state index contributed by atoms with van der Waals surface area (Å²) >= 11 is 0. The Bertz CT molecular complexity index is 363. The van der Waals surface area contributed by atoms with Crippen molar-refractivity contribution in [3.63, 3.8) is 0 Å². The topological polar surface area (TPSA) is 72.2 Å². The molecule has 74 valence electrons. The summed E-state index contributed by atoms with van der Waals surface area (Å²) in [6, 6.07) is 5.63. The fraction of sp³-hybridized carbons (Fsp3) is 0.222. The van der Waals surface area contributed by atoms with E-state index in [-0.39, 0.29) is 11.6 Å². The third-order valence-electron chi connectivity index (χ3n) is 1.66. The molecule has 0 heterocycles. The van der Waals surface area contributed by atoms with Crippen LogP contribution in [0.1, 0.15) is 17.3 Å². The van der Waals surface area contributed by atoms with Gasteiger partial charge in [-0.1, -0.05) is 6.07 Å². The van der Waals surface area contributed by atoms with Gasteiger partial charge < -0.3 is 5.32 Å². The largest absolute Gasteiger partial charge is 0.352 e. The van der Waals surface area contributed by atoms with Gasteiger partial charge in [-0.05, 0) is 13.0 Å². The van der Waals surface area contributed by atoms with Gasteiger partial charge in [-0.15, -0.1) is 0 Å². The van der Waals surface area contributed by atoms with Crippen molar-refractivity contribution in [2.45, 2.75) is 6.92 Å². The predicted molar refractivity (Wildman–Crippen MR) is 51.1 cm³/mol. The lowest BCUT2D eigenvalue weighted by Crippen LogP contribution is -2.22. The Kier molecular flexibility index (Phi) is 3.17. The summed E-state index contributed by atoms with van der Waals surface area (Å²) in [5.74, 6) is -0.295. The minimum Gasteiger partial charge on any atom is -0.352 e. The molecule has 1 aromatic carbocycles. The molecule has 5 nitrogen and oxygen atoms in total. The molecule has 0 radical (unpaired) electrons. The van der Waals surface area contributed by atoms with Gasteiger partial charge in [0.05, 0.1) is 4.92 Å². The second-order valence-corrected chi connectivity index (χ2v) is 2.67. The van der Waals surface area contributed by atoms with Crippen LogP contribution in [0, 0.1) is 10.1 Å². The molecule has 0 aromatic heterocycles. The van der Waals surface area contributed by atoms with E-state index in [2.05, 4.69) is 5.32 Å². The highest BCUT2D eigenvalue weighted by molar-refractivity contribution is 5.94. The molecule has 1 rings (SSSR count). The highest BCUT2D eigenvalue weighted by Gasteiger charge is 2.09. The molecule has 1 aromatic rings. The van der Waals surface area contributed by atoms with Crippen molar-refractivity contribution in [1.82, 2.24) is 5.32 Å². The van der Waals surface area contributed by atoms with E-state index < -0.39 is 4.92 Å². The van der Waals surface area contributed by atoms with Crippen LogP contribution in [0.2, 0.25) is 0 Å². The lowest BCUT2D eigenvalue weighted by Gasteiger charge is -2.00. The van der Waals surface area contributed by atoms with Gasteiger partial charge in [0.1, 0.15) is 0 Å². The SMILES string of the molecule is CCNC(=O)c1cccc([N+](=O)[O-])c1. The number of carbonyl (C=O) groups excluding carboxylic acids is 1. The fourth-order valence-corrected chi connectivity index (χ4v) is 1.02. The summed E-state index contributed by atoms with van der Waals surface area (Å²) in [7, 11) is 0. The quantitative estimate of drug-likeness (QED) is 0.583. The molecule has 0 unspecified atom stereocenters. The third-order valence-corrected chi connectivity index (χ3v) is 1.66. The van der Waals surface area contributed by atoms with E-state index in [4.69, 9.17) is 0 Å². The number of nitrogens with one attached hydrogen (secondary N) is 1. The number of nitro benzene ring substituents is 1. The van der Waals surface area contributed by atoms with Crippen LogP contribution in [0.3, 0.4) is 0 Å². The molecule has 0 aliphatic heterocycles. The van der Waals surface area contributed by atoms with Gasteiger partial charge in [-0.25, -0.2) is 0 Å². The molecular formula is C9H10N2O3. The van der Waals surface area contributed by atoms with Gasteiger partial charge in [-0.3, -0.25) is 14.9 Å². The first-order valence-electron chi connectivity index (χ1n) is 4.17. The molecule has 0 fully saturated rings. The second kappa shape index (κ2) is 4.36. The third kappa shape index (κ3) is 2.29. The Labute approximate surface area is 80.9 Å². The van der Waals surface area contributed by atoms with Crippen molar-refractivity contribution in [3.8, 4) is 0 Å². The molecule has 0 saturated carbocycles. The number of non-ortho nitro benzene ring substituents is 1. The number of hydrogen-bond donors (Lipinski definition) is 1. The standard InChI is InChI=1S/C9H10N2O3/c1-2-10-9(12)7-4-3-5-8(6-7)11(13)14/h3-6H,2H2,1H3,(H,10,12). The molecule has 1 amide bonds. The molecule has 0 aliphatic rings. The smallest absolute Gasteiger partial charge is 0.270 e. The first-order chi connectivity index (χ1) is 6.65. The molecule has 0 bridgehead atoms. The molecule has 0 spiro atoms. The molecule has 0 saturated heterocycles. The van der Waals surface area contributed by atoms with Gasteiger partial charge in [0.15, 0.2) is 0 Å². The Morgan fingerprint density at radius 2 is 2.29 bits per heavy atom. The first kappa shape index (κ1) is 10.2. The van der Waals surface area contributed by atoms with Crippen LogP contribution in [-0.4, -0.2) is 17.4 Å². The van der Waals surface area contributed by atoms with Crippen molar-refractivity contribution in [2.75, 3.05) is 6.54 Å². The van der Waals surface area contributed by atoms with Crippen molar-refractivity contribution in [3.05, 3.63) is 39.9 Å². The van der Waals surface area contributed by atoms with Crippen molar-refractivity contribution in [2.24, 2.45) is 0 Å². The summed E-state index contributed by atoms with van der Waals surface area (Å²) in [5, 5.41) is 13.0. The van der Waals surface area contributed by atoms with Crippen LogP contribution in [0.4, 0.5) is 5.69 Å². The molecular weight excluding hydrogens is 184 g/mol. The molecule has 0 atom stereocenters. The number of carbonyl (C=O) groups is 1. The average molecular weight is 194 g/mol. The summed E-state index contributed by atoms with van der Waals surface area (Å²) in [6.07, 6.45) is 0. The van der Waals surface area contributed by atoms with Gasteiger partial charge in [0.2, 0.25) is 0 Å². The molecule has 0 aliphatic carbocycles. The van der Waals surface area contributed by atoms with Crippen LogP contribution in [0.25, 0.3) is 0 Å². The number of nitrogens with zero attached hydrogens (tertiary/aromatic N) is 1. The van der Waals surface area contributed by atoms with Crippen molar-refractivity contribution >= 4 is 11.6 Å². The first-order valence-corrected chi connectivity index (χ1v) is 4.17. The van der Waals surface area contributed by atoms with E-state index in [1.54, 1.807) is 6.92 Å². The Morgan fingerprint density at radius 1 is 1.57 bits per heavy atom. The summed E-state index contributed by atoms with van der Waals surface area (Å²) in [5.41, 5.74) is 0.231. The molecule has 1 N–H and O–H groups in total. The summed E-state index contributed by atoms with van der Waals surface area (Å²) in [4.78, 5) is 21.2. The van der Waals surface area contributed by atoms with Crippen LogP contribution in [0.15, 0.2) is 24.3 Å². The molecule has 14 heavy (non-hydrogen) atoms. The van der Waals surface area contributed by atoms with E-state index >= 15 is 0 Å². The van der Waals surface area contributed by atoms with Crippen LogP contribution < -0.4 is 5.32 Å².